The van der Waals surface area contributed by atoms with Crippen LogP contribution in [0.2, 0.25) is 5.02 Å². The molecule has 3 N–H and O–H groups in total. The van der Waals surface area contributed by atoms with Crippen LogP contribution in [0.5, 0.6) is 0 Å². The maximum Gasteiger partial charge on any atom is 0.314 e. The van der Waals surface area contributed by atoms with Crippen LogP contribution in [0.25, 0.3) is 0 Å². The predicted octanol–water partition coefficient (Wildman–Crippen LogP) is 2.35. The molecule has 144 valence electrons. The van der Waals surface area contributed by atoms with E-state index < -0.39 is 0 Å². The number of hydrogen-bond donors (Lipinski definition) is 3. The first-order valence-electron chi connectivity index (χ1n) is 9.22. The van der Waals surface area contributed by atoms with Gasteiger partial charge in [0.25, 0.3) is 5.91 Å². The highest BCUT2D eigenvalue weighted by Crippen LogP contribution is 2.20. The lowest BCUT2D eigenvalue weighted by Gasteiger charge is -2.34. The molecular formula is C19H29ClN4O2. The number of nitrogens with zero attached hydrogens (tertiary/aromatic N) is 1. The molecule has 1 aromatic rings. The summed E-state index contributed by atoms with van der Waals surface area (Å²) < 4.78 is 0. The van der Waals surface area contributed by atoms with Gasteiger partial charge in [-0.15, -0.1) is 0 Å². The number of hydrogen-bond acceptors (Lipinski definition) is 3. The number of nitrogens with one attached hydrogen (secondary N) is 3. The van der Waals surface area contributed by atoms with Crippen molar-refractivity contribution < 1.29 is 9.59 Å². The summed E-state index contributed by atoms with van der Waals surface area (Å²) in [5, 5.41) is 8.76. The predicted molar refractivity (Wildman–Crippen MR) is 105 cm³/mol. The molecule has 1 aliphatic heterocycles. The minimum absolute atomic E-state index is 0.213. The van der Waals surface area contributed by atoms with Gasteiger partial charge in [0.05, 0.1) is 10.6 Å². The van der Waals surface area contributed by atoms with Crippen LogP contribution in [0.1, 0.15) is 30.6 Å². The SMILES string of the molecule is CC1CC(C)CN(CCNC(=O)NCCNC(=O)c2ccccc2Cl)C1. The van der Waals surface area contributed by atoms with E-state index in [0.717, 1.165) is 19.6 Å². The van der Waals surface area contributed by atoms with E-state index >= 15 is 0 Å². The molecule has 0 bridgehead atoms. The Labute approximate surface area is 160 Å². The van der Waals surface area contributed by atoms with Gasteiger partial charge in [-0.2, -0.15) is 0 Å². The Hall–Kier alpha value is -1.79. The summed E-state index contributed by atoms with van der Waals surface area (Å²) in [6.45, 7) is 8.95. The van der Waals surface area contributed by atoms with E-state index in [2.05, 4.69) is 34.7 Å². The normalized spacial score (nSPS) is 20.4. The van der Waals surface area contributed by atoms with Crippen LogP contribution < -0.4 is 16.0 Å². The standard InChI is InChI=1S/C19H29ClN4O2/c1-14-11-15(2)13-24(12-14)10-9-23-19(26)22-8-7-21-18(25)16-5-3-4-6-17(16)20/h3-6,14-15H,7-13H2,1-2H3,(H,21,25)(H2,22,23,26). The molecule has 0 saturated carbocycles. The molecule has 2 unspecified atom stereocenters. The second kappa shape index (κ2) is 10.4. The van der Waals surface area contributed by atoms with Crippen molar-refractivity contribution in [3.63, 3.8) is 0 Å². The maximum atomic E-state index is 12.0. The Morgan fingerprint density at radius 3 is 2.35 bits per heavy atom. The molecule has 1 fully saturated rings. The van der Waals surface area contributed by atoms with Crippen LogP contribution in [-0.4, -0.2) is 56.1 Å². The zero-order valence-electron chi connectivity index (χ0n) is 15.6. The van der Waals surface area contributed by atoms with Crippen molar-refractivity contribution in [3.05, 3.63) is 34.9 Å². The van der Waals surface area contributed by atoms with E-state index in [-0.39, 0.29) is 11.9 Å². The fourth-order valence-electron chi connectivity index (χ4n) is 3.46. The van der Waals surface area contributed by atoms with Crippen LogP contribution in [0.15, 0.2) is 24.3 Å². The fourth-order valence-corrected chi connectivity index (χ4v) is 3.68. The molecular weight excluding hydrogens is 352 g/mol. The Kier molecular flexibility index (Phi) is 8.19. The smallest absolute Gasteiger partial charge is 0.314 e. The summed E-state index contributed by atoms with van der Waals surface area (Å²) in [6.07, 6.45) is 1.28. The molecule has 6 nitrogen and oxygen atoms in total. The lowest BCUT2D eigenvalue weighted by atomic mass is 9.92. The number of rotatable bonds is 7. The minimum atomic E-state index is -0.244. The Morgan fingerprint density at radius 1 is 1.04 bits per heavy atom. The summed E-state index contributed by atoms with van der Waals surface area (Å²) in [6, 6.07) is 6.66. The van der Waals surface area contributed by atoms with E-state index in [1.54, 1.807) is 24.3 Å². The number of halogens is 1. The Bertz CT molecular complexity index is 601. The van der Waals surface area contributed by atoms with Gasteiger partial charge >= 0.3 is 6.03 Å². The fraction of sp³-hybridized carbons (Fsp3) is 0.579. The van der Waals surface area contributed by atoms with Gasteiger partial charge in [-0.1, -0.05) is 37.6 Å². The van der Waals surface area contributed by atoms with Gasteiger partial charge in [-0.25, -0.2) is 4.79 Å². The van der Waals surface area contributed by atoms with Crippen molar-refractivity contribution in [1.29, 1.82) is 0 Å². The number of carbonyl (C=O) groups is 2. The molecule has 2 rings (SSSR count). The molecule has 26 heavy (non-hydrogen) atoms. The summed E-state index contributed by atoms with van der Waals surface area (Å²) in [5.74, 6) is 1.19. The molecule has 0 spiro atoms. The third-order valence-corrected chi connectivity index (χ3v) is 4.80. The number of urea groups is 1. The summed E-state index contributed by atoms with van der Waals surface area (Å²) >= 11 is 5.98. The molecule has 1 aliphatic rings. The average Bonchev–Trinajstić information content (AvgIpc) is 2.58. The number of piperidine rings is 1. The third-order valence-electron chi connectivity index (χ3n) is 4.47. The molecule has 7 heteroatoms. The van der Waals surface area contributed by atoms with Crippen LogP contribution in [0.4, 0.5) is 4.79 Å². The molecule has 1 heterocycles. The van der Waals surface area contributed by atoms with Crippen LogP contribution >= 0.6 is 11.6 Å². The van der Waals surface area contributed by atoms with Crippen molar-refractivity contribution in [2.75, 3.05) is 39.3 Å². The highest BCUT2D eigenvalue weighted by Gasteiger charge is 2.21. The highest BCUT2D eigenvalue weighted by molar-refractivity contribution is 6.33. The van der Waals surface area contributed by atoms with Gasteiger partial charge in [0.1, 0.15) is 0 Å². The van der Waals surface area contributed by atoms with Crippen molar-refractivity contribution in [1.82, 2.24) is 20.9 Å². The van der Waals surface area contributed by atoms with Crippen molar-refractivity contribution in [3.8, 4) is 0 Å². The largest absolute Gasteiger partial charge is 0.350 e. The number of likely N-dealkylation sites (tertiary alicyclic amines) is 1. The molecule has 3 amide bonds. The third kappa shape index (κ3) is 6.84. The van der Waals surface area contributed by atoms with Gasteiger partial charge in [0.15, 0.2) is 0 Å². The zero-order chi connectivity index (χ0) is 18.9. The van der Waals surface area contributed by atoms with E-state index in [1.165, 1.54) is 6.42 Å². The van der Waals surface area contributed by atoms with Gasteiger partial charge in [0.2, 0.25) is 0 Å². The van der Waals surface area contributed by atoms with Gasteiger partial charge in [-0.3, -0.25) is 4.79 Å². The minimum Gasteiger partial charge on any atom is -0.350 e. The van der Waals surface area contributed by atoms with Gasteiger partial charge in [0, 0.05) is 39.3 Å². The summed E-state index contributed by atoms with van der Waals surface area (Å²) in [4.78, 5) is 26.2. The highest BCUT2D eigenvalue weighted by atomic mass is 35.5. The molecule has 2 atom stereocenters. The number of benzene rings is 1. The van der Waals surface area contributed by atoms with E-state index in [1.807, 2.05) is 0 Å². The van der Waals surface area contributed by atoms with Crippen molar-refractivity contribution >= 4 is 23.5 Å². The first-order chi connectivity index (χ1) is 12.5. The zero-order valence-corrected chi connectivity index (χ0v) is 16.3. The Morgan fingerprint density at radius 2 is 1.65 bits per heavy atom. The number of carbonyl (C=O) groups excluding carboxylic acids is 2. The molecule has 1 saturated heterocycles. The Balaban J connectivity index is 1.56. The first-order valence-corrected chi connectivity index (χ1v) is 9.60. The molecule has 0 aliphatic carbocycles. The topological polar surface area (TPSA) is 73.5 Å². The van der Waals surface area contributed by atoms with Crippen molar-refractivity contribution in [2.45, 2.75) is 20.3 Å². The molecule has 1 aromatic carbocycles. The lowest BCUT2D eigenvalue weighted by Crippen LogP contribution is -2.45. The second-order valence-corrected chi connectivity index (χ2v) is 7.53. The average molecular weight is 381 g/mol. The summed E-state index contributed by atoms with van der Waals surface area (Å²) in [5.41, 5.74) is 0.434. The molecule has 0 radical (unpaired) electrons. The quantitative estimate of drug-likeness (QED) is 0.636. The number of amides is 3. The van der Waals surface area contributed by atoms with Crippen LogP contribution in [0.3, 0.4) is 0 Å². The van der Waals surface area contributed by atoms with E-state index in [0.29, 0.717) is 42.1 Å². The monoisotopic (exact) mass is 380 g/mol. The van der Waals surface area contributed by atoms with Crippen LogP contribution in [0, 0.1) is 11.8 Å². The van der Waals surface area contributed by atoms with Gasteiger partial charge in [-0.05, 0) is 30.4 Å². The second-order valence-electron chi connectivity index (χ2n) is 7.12. The van der Waals surface area contributed by atoms with E-state index in [4.69, 9.17) is 11.6 Å². The van der Waals surface area contributed by atoms with Crippen LogP contribution in [-0.2, 0) is 0 Å². The van der Waals surface area contributed by atoms with Gasteiger partial charge < -0.3 is 20.9 Å². The first kappa shape index (κ1) is 20.5. The maximum absolute atomic E-state index is 12.0. The lowest BCUT2D eigenvalue weighted by molar-refractivity contribution is 0.0954. The van der Waals surface area contributed by atoms with Crippen molar-refractivity contribution in [2.24, 2.45) is 11.8 Å². The summed E-state index contributed by atoms with van der Waals surface area (Å²) in [7, 11) is 0. The molecule has 0 aromatic heterocycles. The van der Waals surface area contributed by atoms with E-state index in [9.17, 15) is 9.59 Å².